The van der Waals surface area contributed by atoms with Gasteiger partial charge in [-0.2, -0.15) is 5.10 Å². The summed E-state index contributed by atoms with van der Waals surface area (Å²) in [6.45, 7) is -0.218. The van der Waals surface area contributed by atoms with E-state index in [1.165, 1.54) is 12.3 Å². The quantitative estimate of drug-likeness (QED) is 0.433. The van der Waals surface area contributed by atoms with E-state index in [1.54, 1.807) is 24.3 Å². The fourth-order valence-corrected chi connectivity index (χ4v) is 2.90. The molecule has 0 aromatic heterocycles. The van der Waals surface area contributed by atoms with Gasteiger partial charge in [0.25, 0.3) is 11.8 Å². The number of hydrogen-bond donors (Lipinski definition) is 3. The van der Waals surface area contributed by atoms with Gasteiger partial charge in [0.15, 0.2) is 0 Å². The van der Waals surface area contributed by atoms with Crippen molar-refractivity contribution in [3.63, 3.8) is 0 Å². The first-order chi connectivity index (χ1) is 13.0. The molecule has 0 atom stereocenters. The summed E-state index contributed by atoms with van der Waals surface area (Å²) in [6.07, 6.45) is 1.32. The monoisotopic (exact) mass is 425 g/mol. The minimum Gasteiger partial charge on any atom is -0.507 e. The number of phenols is 1. The molecule has 0 saturated heterocycles. The average molecular weight is 426 g/mol. The fourth-order valence-electron chi connectivity index (χ4n) is 2.52. The Morgan fingerprint density at radius 2 is 1.85 bits per heavy atom. The number of hydrazone groups is 1. The van der Waals surface area contributed by atoms with Crippen LogP contribution in [-0.4, -0.2) is 29.7 Å². The Kier molecular flexibility index (Phi) is 5.83. The van der Waals surface area contributed by atoms with Crippen LogP contribution in [-0.2, 0) is 4.79 Å². The number of carbonyl (C=O) groups is 2. The number of halogens is 1. The molecule has 0 radical (unpaired) electrons. The van der Waals surface area contributed by atoms with Gasteiger partial charge in [-0.25, -0.2) is 5.43 Å². The number of aromatic hydroxyl groups is 1. The lowest BCUT2D eigenvalue weighted by atomic mass is 10.0. The number of phenolic OH excluding ortho intramolecular Hbond substituents is 1. The number of amides is 2. The molecule has 3 N–H and O–H groups in total. The van der Waals surface area contributed by atoms with Crippen molar-refractivity contribution in [3.05, 3.63) is 76.3 Å². The smallest absolute Gasteiger partial charge is 0.259 e. The van der Waals surface area contributed by atoms with Crippen molar-refractivity contribution in [2.75, 3.05) is 6.54 Å². The molecule has 0 aliphatic carbocycles. The Morgan fingerprint density at radius 1 is 1.07 bits per heavy atom. The number of nitrogens with zero attached hydrogens (tertiary/aromatic N) is 1. The van der Waals surface area contributed by atoms with Crippen molar-refractivity contribution in [2.45, 2.75) is 0 Å². The van der Waals surface area contributed by atoms with Crippen LogP contribution < -0.4 is 10.7 Å². The molecule has 0 aliphatic rings. The highest BCUT2D eigenvalue weighted by Crippen LogP contribution is 2.20. The van der Waals surface area contributed by atoms with E-state index < -0.39 is 5.91 Å². The third-order valence-corrected chi connectivity index (χ3v) is 4.32. The van der Waals surface area contributed by atoms with Gasteiger partial charge < -0.3 is 10.4 Å². The lowest BCUT2D eigenvalue weighted by Crippen LogP contribution is -2.35. The van der Waals surface area contributed by atoms with Gasteiger partial charge >= 0.3 is 0 Å². The molecule has 6 nitrogen and oxygen atoms in total. The molecule has 0 unspecified atom stereocenters. The van der Waals surface area contributed by atoms with Gasteiger partial charge in [0.1, 0.15) is 5.75 Å². The summed E-state index contributed by atoms with van der Waals surface area (Å²) in [4.78, 5) is 24.2. The summed E-state index contributed by atoms with van der Waals surface area (Å²) >= 11 is 3.29. The highest BCUT2D eigenvalue weighted by Gasteiger charge is 2.10. The number of hydrogen-bond acceptors (Lipinski definition) is 4. The molecular weight excluding hydrogens is 410 g/mol. The minimum absolute atomic E-state index is 0.0421. The maximum absolute atomic E-state index is 12.4. The Morgan fingerprint density at radius 3 is 2.70 bits per heavy atom. The van der Waals surface area contributed by atoms with Crippen LogP contribution in [0.25, 0.3) is 10.8 Å². The minimum atomic E-state index is -0.477. The largest absolute Gasteiger partial charge is 0.507 e. The van der Waals surface area contributed by atoms with Crippen molar-refractivity contribution >= 4 is 44.7 Å². The molecule has 0 fully saturated rings. The van der Waals surface area contributed by atoms with E-state index in [9.17, 15) is 14.7 Å². The molecule has 0 heterocycles. The van der Waals surface area contributed by atoms with E-state index in [1.807, 2.05) is 30.3 Å². The molecule has 136 valence electrons. The van der Waals surface area contributed by atoms with E-state index in [-0.39, 0.29) is 18.2 Å². The van der Waals surface area contributed by atoms with Crippen LogP contribution in [0.5, 0.6) is 5.75 Å². The molecule has 3 rings (SSSR count). The first-order valence-corrected chi connectivity index (χ1v) is 8.90. The molecule has 3 aromatic rings. The van der Waals surface area contributed by atoms with Crippen molar-refractivity contribution < 1.29 is 14.7 Å². The van der Waals surface area contributed by atoms with Gasteiger partial charge in [-0.05, 0) is 35.0 Å². The van der Waals surface area contributed by atoms with Gasteiger partial charge in [0.2, 0.25) is 0 Å². The molecular formula is C20H16BrN3O3. The Labute approximate surface area is 164 Å². The predicted octanol–water partition coefficient (Wildman–Crippen LogP) is 3.19. The van der Waals surface area contributed by atoms with Crippen molar-refractivity contribution in [2.24, 2.45) is 5.10 Å². The summed E-state index contributed by atoms with van der Waals surface area (Å²) in [5.41, 5.74) is 3.26. The van der Waals surface area contributed by atoms with Crippen molar-refractivity contribution in [1.29, 1.82) is 0 Å². The lowest BCUT2D eigenvalue weighted by molar-refractivity contribution is -0.120. The zero-order valence-corrected chi connectivity index (χ0v) is 15.7. The van der Waals surface area contributed by atoms with Gasteiger partial charge in [-0.1, -0.05) is 52.3 Å². The maximum atomic E-state index is 12.4. The van der Waals surface area contributed by atoms with Crippen LogP contribution in [0.3, 0.4) is 0 Å². The normalized spacial score (nSPS) is 10.9. The van der Waals surface area contributed by atoms with Crippen LogP contribution >= 0.6 is 15.9 Å². The van der Waals surface area contributed by atoms with E-state index in [0.29, 0.717) is 11.1 Å². The van der Waals surface area contributed by atoms with E-state index >= 15 is 0 Å². The van der Waals surface area contributed by atoms with Crippen LogP contribution in [0, 0.1) is 0 Å². The highest BCUT2D eigenvalue weighted by atomic mass is 79.9. The van der Waals surface area contributed by atoms with Crippen LogP contribution in [0.1, 0.15) is 15.9 Å². The fraction of sp³-hybridized carbons (Fsp3) is 0.0500. The molecule has 27 heavy (non-hydrogen) atoms. The van der Waals surface area contributed by atoms with E-state index in [2.05, 4.69) is 31.8 Å². The van der Waals surface area contributed by atoms with Crippen molar-refractivity contribution in [3.8, 4) is 5.75 Å². The second-order valence-corrected chi connectivity index (χ2v) is 6.62. The van der Waals surface area contributed by atoms with Gasteiger partial charge in [0, 0.05) is 15.6 Å². The SMILES string of the molecule is O=C(CNC(=O)c1cccc2ccccc12)N/N=C\c1cc(Br)ccc1O. The Hall–Kier alpha value is -3.19. The molecule has 0 aliphatic heterocycles. The standard InChI is InChI=1S/C20H16BrN3O3/c21-15-8-9-18(25)14(10-15)11-23-24-19(26)12-22-20(27)17-7-3-5-13-4-1-2-6-16(13)17/h1-11,25H,12H2,(H,22,27)(H,24,26)/b23-11-. The summed E-state index contributed by atoms with van der Waals surface area (Å²) in [5, 5.41) is 17.8. The second-order valence-electron chi connectivity index (χ2n) is 5.71. The van der Waals surface area contributed by atoms with Crippen molar-refractivity contribution in [1.82, 2.24) is 10.7 Å². The molecule has 3 aromatic carbocycles. The van der Waals surface area contributed by atoms with Gasteiger partial charge in [0.05, 0.1) is 12.8 Å². The molecule has 7 heteroatoms. The van der Waals surface area contributed by atoms with Crippen LogP contribution in [0.2, 0.25) is 0 Å². The second kappa shape index (κ2) is 8.46. The van der Waals surface area contributed by atoms with E-state index in [0.717, 1.165) is 15.2 Å². The predicted molar refractivity (Wildman–Crippen MR) is 108 cm³/mol. The number of nitrogens with one attached hydrogen (secondary N) is 2. The topological polar surface area (TPSA) is 90.8 Å². The molecule has 0 bridgehead atoms. The third kappa shape index (κ3) is 4.71. The number of fused-ring (bicyclic) bond motifs is 1. The number of benzene rings is 3. The Balaban J connectivity index is 1.58. The molecule has 2 amide bonds. The molecule has 0 saturated carbocycles. The van der Waals surface area contributed by atoms with Crippen LogP contribution in [0.4, 0.5) is 0 Å². The zero-order valence-electron chi connectivity index (χ0n) is 14.1. The lowest BCUT2D eigenvalue weighted by Gasteiger charge is -2.07. The highest BCUT2D eigenvalue weighted by molar-refractivity contribution is 9.10. The average Bonchev–Trinajstić information content (AvgIpc) is 2.68. The summed E-state index contributed by atoms with van der Waals surface area (Å²) < 4.78 is 0.774. The maximum Gasteiger partial charge on any atom is 0.259 e. The van der Waals surface area contributed by atoms with Gasteiger partial charge in [-0.15, -0.1) is 0 Å². The summed E-state index contributed by atoms with van der Waals surface area (Å²) in [7, 11) is 0. The first kappa shape index (κ1) is 18.6. The number of rotatable bonds is 5. The first-order valence-electron chi connectivity index (χ1n) is 8.11. The number of carbonyl (C=O) groups excluding carboxylic acids is 2. The molecule has 0 spiro atoms. The van der Waals surface area contributed by atoms with Crippen LogP contribution in [0.15, 0.2) is 70.2 Å². The summed E-state index contributed by atoms with van der Waals surface area (Å²) in [5.74, 6) is -0.773. The third-order valence-electron chi connectivity index (χ3n) is 3.83. The Bertz CT molecular complexity index is 1030. The zero-order chi connectivity index (χ0) is 19.2. The van der Waals surface area contributed by atoms with Gasteiger partial charge in [-0.3, -0.25) is 9.59 Å². The van der Waals surface area contributed by atoms with E-state index in [4.69, 9.17) is 0 Å². The summed E-state index contributed by atoms with van der Waals surface area (Å²) in [6, 6.07) is 17.8.